The number of rotatable bonds is 10. The van der Waals surface area contributed by atoms with Crippen molar-refractivity contribution in [2.45, 2.75) is 38.8 Å². The number of amides is 1. The summed E-state index contributed by atoms with van der Waals surface area (Å²) >= 11 is 6.14. The Labute approximate surface area is 178 Å². The fourth-order valence-corrected chi connectivity index (χ4v) is 3.22. The number of ether oxygens (including phenoxy) is 2. The lowest BCUT2D eigenvalue weighted by molar-refractivity contribution is -0.385. The number of benzene rings is 2. The van der Waals surface area contributed by atoms with Crippen molar-refractivity contribution in [2.75, 3.05) is 7.11 Å². The number of nitrogens with one attached hydrogen (secondary N) is 1. The topological polar surface area (TPSA) is 117 Å². The number of methoxy groups -OCH3 is 1. The minimum absolute atomic E-state index is 0.0291. The largest absolute Gasteiger partial charge is 0.490 e. The van der Waals surface area contributed by atoms with Gasteiger partial charge in [-0.2, -0.15) is 0 Å². The quantitative estimate of drug-likeness (QED) is 0.416. The predicted molar refractivity (Wildman–Crippen MR) is 111 cm³/mol. The summed E-state index contributed by atoms with van der Waals surface area (Å²) in [6.45, 7) is 3.65. The van der Waals surface area contributed by atoms with E-state index < -0.39 is 22.7 Å². The highest BCUT2D eigenvalue weighted by atomic mass is 35.5. The maximum atomic E-state index is 15.3. The standard InChI is InChI=1S/C20H23ClFN3O5/c1-4-15(24-11(2)9-18(23)26)13-6-7-14(21)20(19(13)22)30-12-5-8-16(25(27)28)17(10-12)29-3/h5-8,10-11,15,24H,4,9H2,1-3H3,(H2,23,26)/t11-,15+/m0/s1. The number of carbonyl (C=O) groups excluding carboxylic acids is 1. The van der Waals surface area contributed by atoms with E-state index in [1.165, 1.54) is 31.4 Å². The zero-order valence-electron chi connectivity index (χ0n) is 16.8. The molecule has 1 amide bonds. The molecule has 2 atom stereocenters. The van der Waals surface area contributed by atoms with Crippen LogP contribution in [0.3, 0.4) is 0 Å². The highest BCUT2D eigenvalue weighted by Crippen LogP contribution is 2.39. The molecule has 0 unspecified atom stereocenters. The first kappa shape index (κ1) is 23.4. The summed E-state index contributed by atoms with van der Waals surface area (Å²) in [5, 5.41) is 14.2. The Morgan fingerprint density at radius 3 is 2.63 bits per heavy atom. The van der Waals surface area contributed by atoms with Crippen molar-refractivity contribution in [3.63, 3.8) is 0 Å². The molecule has 2 aromatic rings. The molecule has 0 radical (unpaired) electrons. The molecule has 0 bridgehead atoms. The summed E-state index contributed by atoms with van der Waals surface area (Å²) in [4.78, 5) is 21.6. The van der Waals surface area contributed by atoms with Crippen LogP contribution in [0.15, 0.2) is 30.3 Å². The van der Waals surface area contributed by atoms with E-state index in [2.05, 4.69) is 5.32 Å². The van der Waals surface area contributed by atoms with Crippen LogP contribution in [0.1, 0.15) is 38.3 Å². The first-order valence-electron chi connectivity index (χ1n) is 9.20. The average molecular weight is 440 g/mol. The van der Waals surface area contributed by atoms with Crippen molar-refractivity contribution >= 4 is 23.2 Å². The fourth-order valence-electron chi connectivity index (χ4n) is 3.03. The molecule has 8 nitrogen and oxygen atoms in total. The predicted octanol–water partition coefficient (Wildman–Crippen LogP) is 4.49. The Balaban J connectivity index is 2.36. The maximum Gasteiger partial charge on any atom is 0.311 e. The molecule has 2 rings (SSSR count). The van der Waals surface area contributed by atoms with Crippen molar-refractivity contribution < 1.29 is 23.6 Å². The van der Waals surface area contributed by atoms with E-state index in [1.807, 2.05) is 6.92 Å². The van der Waals surface area contributed by atoms with E-state index >= 15 is 4.39 Å². The molecule has 2 aromatic carbocycles. The summed E-state index contributed by atoms with van der Waals surface area (Å²) in [5.74, 6) is -1.26. The van der Waals surface area contributed by atoms with Gasteiger partial charge in [0.25, 0.3) is 0 Å². The van der Waals surface area contributed by atoms with Gasteiger partial charge in [0.1, 0.15) is 5.75 Å². The van der Waals surface area contributed by atoms with Crippen LogP contribution in [0.2, 0.25) is 5.02 Å². The minimum Gasteiger partial charge on any atom is -0.490 e. The molecule has 0 aromatic heterocycles. The molecule has 3 N–H and O–H groups in total. The van der Waals surface area contributed by atoms with Gasteiger partial charge >= 0.3 is 5.69 Å². The smallest absolute Gasteiger partial charge is 0.311 e. The lowest BCUT2D eigenvalue weighted by atomic mass is 10.0. The molecule has 162 valence electrons. The van der Waals surface area contributed by atoms with Crippen molar-refractivity contribution in [1.82, 2.24) is 5.32 Å². The van der Waals surface area contributed by atoms with Gasteiger partial charge < -0.3 is 20.5 Å². The molecule has 0 aliphatic heterocycles. The van der Waals surface area contributed by atoms with Crippen molar-refractivity contribution in [3.05, 3.63) is 56.8 Å². The van der Waals surface area contributed by atoms with E-state index in [0.29, 0.717) is 12.0 Å². The van der Waals surface area contributed by atoms with Gasteiger partial charge in [-0.15, -0.1) is 0 Å². The van der Waals surface area contributed by atoms with Crippen molar-refractivity contribution in [3.8, 4) is 17.2 Å². The lowest BCUT2D eigenvalue weighted by Gasteiger charge is -2.23. The van der Waals surface area contributed by atoms with E-state index in [1.54, 1.807) is 13.0 Å². The van der Waals surface area contributed by atoms with Crippen LogP contribution < -0.4 is 20.5 Å². The van der Waals surface area contributed by atoms with E-state index in [0.717, 1.165) is 0 Å². The Kier molecular flexibility index (Phi) is 7.96. The van der Waals surface area contributed by atoms with Gasteiger partial charge in [-0.05, 0) is 25.5 Å². The zero-order chi connectivity index (χ0) is 22.4. The minimum atomic E-state index is -0.676. The van der Waals surface area contributed by atoms with Gasteiger partial charge in [0.05, 0.1) is 17.1 Å². The van der Waals surface area contributed by atoms with Gasteiger partial charge in [0, 0.05) is 36.2 Å². The zero-order valence-corrected chi connectivity index (χ0v) is 17.5. The number of primary amides is 1. The van der Waals surface area contributed by atoms with Crippen molar-refractivity contribution in [2.24, 2.45) is 5.73 Å². The third kappa shape index (κ3) is 5.58. The number of nitrogens with two attached hydrogens (primary N) is 1. The number of carbonyl (C=O) groups is 1. The molecule has 0 spiro atoms. The monoisotopic (exact) mass is 439 g/mol. The fraction of sp³-hybridized carbons (Fsp3) is 0.350. The Bertz CT molecular complexity index is 941. The molecule has 0 aliphatic carbocycles. The number of hydrogen-bond donors (Lipinski definition) is 2. The second-order valence-corrected chi connectivity index (χ2v) is 7.08. The molecule has 0 heterocycles. The average Bonchev–Trinajstić information content (AvgIpc) is 2.68. The highest BCUT2D eigenvalue weighted by Gasteiger charge is 2.23. The summed E-state index contributed by atoms with van der Waals surface area (Å²) in [7, 11) is 1.28. The second-order valence-electron chi connectivity index (χ2n) is 6.67. The number of nitro groups is 1. The third-order valence-corrected chi connectivity index (χ3v) is 4.72. The summed E-state index contributed by atoms with van der Waals surface area (Å²) in [5.41, 5.74) is 5.28. The van der Waals surface area contributed by atoms with Crippen molar-refractivity contribution in [1.29, 1.82) is 0 Å². The maximum absolute atomic E-state index is 15.3. The molecule has 0 fully saturated rings. The SMILES string of the molecule is CC[C@@H](N[C@@H](C)CC(N)=O)c1ccc(Cl)c(Oc2ccc([N+](=O)[O-])c(OC)c2)c1F. The molecular formula is C20H23ClFN3O5. The Morgan fingerprint density at radius 2 is 2.07 bits per heavy atom. The molecule has 0 aliphatic rings. The third-order valence-electron chi connectivity index (χ3n) is 4.42. The number of halogens is 2. The Hall–Kier alpha value is -2.91. The molecular weight excluding hydrogens is 417 g/mol. The van der Waals surface area contributed by atoms with Gasteiger partial charge in [-0.1, -0.05) is 24.6 Å². The van der Waals surface area contributed by atoms with Gasteiger partial charge in [0.15, 0.2) is 11.6 Å². The number of hydrogen-bond acceptors (Lipinski definition) is 6. The molecule has 0 saturated heterocycles. The van der Waals surface area contributed by atoms with Crippen LogP contribution in [-0.2, 0) is 4.79 Å². The highest BCUT2D eigenvalue weighted by molar-refractivity contribution is 6.32. The van der Waals surface area contributed by atoms with Gasteiger partial charge in [0.2, 0.25) is 11.7 Å². The summed E-state index contributed by atoms with van der Waals surface area (Å²) in [6.07, 6.45) is 0.643. The van der Waals surface area contributed by atoms with Crippen LogP contribution in [0.5, 0.6) is 17.2 Å². The van der Waals surface area contributed by atoms with Crippen LogP contribution in [0.25, 0.3) is 0 Å². The van der Waals surface area contributed by atoms with E-state index in [9.17, 15) is 14.9 Å². The number of nitro benzene ring substituents is 1. The van der Waals surface area contributed by atoms with Crippen LogP contribution in [-0.4, -0.2) is 24.0 Å². The molecule has 0 saturated carbocycles. The van der Waals surface area contributed by atoms with E-state index in [-0.39, 0.29) is 40.4 Å². The summed E-state index contributed by atoms with van der Waals surface area (Å²) < 4.78 is 25.9. The first-order chi connectivity index (χ1) is 14.2. The number of nitrogens with zero attached hydrogens (tertiary/aromatic N) is 1. The lowest BCUT2D eigenvalue weighted by Crippen LogP contribution is -2.34. The van der Waals surface area contributed by atoms with Crippen LogP contribution in [0, 0.1) is 15.9 Å². The summed E-state index contributed by atoms with van der Waals surface area (Å²) in [6, 6.07) is 6.18. The second kappa shape index (κ2) is 10.2. The van der Waals surface area contributed by atoms with Gasteiger partial charge in [-0.25, -0.2) is 4.39 Å². The van der Waals surface area contributed by atoms with Crippen LogP contribution in [0.4, 0.5) is 10.1 Å². The Morgan fingerprint density at radius 1 is 1.37 bits per heavy atom. The van der Waals surface area contributed by atoms with Crippen LogP contribution >= 0.6 is 11.6 Å². The normalized spacial score (nSPS) is 12.8. The first-order valence-corrected chi connectivity index (χ1v) is 9.58. The molecule has 30 heavy (non-hydrogen) atoms. The van der Waals surface area contributed by atoms with Gasteiger partial charge in [-0.3, -0.25) is 14.9 Å². The molecule has 10 heteroatoms. The van der Waals surface area contributed by atoms with E-state index in [4.69, 9.17) is 26.8 Å².